The summed E-state index contributed by atoms with van der Waals surface area (Å²) in [6.45, 7) is -0.0336. The van der Waals surface area contributed by atoms with Crippen LogP contribution in [0.15, 0.2) is 48.7 Å². The minimum atomic E-state index is -0.0336. The molecule has 1 aliphatic carbocycles. The van der Waals surface area contributed by atoms with E-state index < -0.39 is 0 Å². The molecule has 0 aliphatic heterocycles. The minimum absolute atomic E-state index is 0. The third-order valence-corrected chi connectivity index (χ3v) is 4.11. The molecule has 0 amide bonds. The van der Waals surface area contributed by atoms with Crippen LogP contribution in [0.2, 0.25) is 0 Å². The highest BCUT2D eigenvalue weighted by Gasteiger charge is 2.25. The van der Waals surface area contributed by atoms with Crippen molar-refractivity contribution in [3.8, 4) is 11.4 Å². The monoisotopic (exact) mass is 339 g/mol. The van der Waals surface area contributed by atoms with E-state index in [9.17, 15) is 0 Å². The van der Waals surface area contributed by atoms with Crippen LogP contribution in [0.5, 0.6) is 0 Å². The van der Waals surface area contributed by atoms with E-state index in [2.05, 4.69) is 25.5 Å². The lowest BCUT2D eigenvalue weighted by molar-refractivity contribution is 0.343. The molecule has 1 aliphatic rings. The molecular weight excluding hydrogens is 314 g/mol. The van der Waals surface area contributed by atoms with Crippen molar-refractivity contribution in [3.63, 3.8) is 0 Å². The first kappa shape index (κ1) is 15.5. The second-order valence-corrected chi connectivity index (χ2v) is 6.06. The fourth-order valence-electron chi connectivity index (χ4n) is 2.64. The van der Waals surface area contributed by atoms with Gasteiger partial charge in [0.15, 0.2) is 11.6 Å². The highest BCUT2D eigenvalue weighted by Crippen LogP contribution is 2.39. The highest BCUT2D eigenvalue weighted by atomic mass is 16.2. The van der Waals surface area contributed by atoms with Crippen LogP contribution in [0.1, 0.15) is 34.3 Å². The van der Waals surface area contributed by atoms with Crippen molar-refractivity contribution in [3.05, 3.63) is 59.9 Å². The summed E-state index contributed by atoms with van der Waals surface area (Å²) in [5.74, 6) is 2.65. The highest BCUT2D eigenvalue weighted by molar-refractivity contribution is 5.69. The second-order valence-electron chi connectivity index (χ2n) is 6.06. The maximum absolute atomic E-state index is 9.05. The van der Waals surface area contributed by atoms with E-state index in [0.29, 0.717) is 17.6 Å². The molecule has 6 nitrogen and oxygen atoms in total. The molecule has 0 bridgehead atoms. The average molecular weight is 339 g/mol. The number of aliphatic hydroxyl groups is 1. The van der Waals surface area contributed by atoms with Gasteiger partial charge in [-0.2, -0.15) is 5.10 Å². The number of nitrogens with one attached hydrogen (secondary N) is 2. The lowest BCUT2D eigenvalue weighted by atomic mass is 10.2. The Hall–Kier alpha value is -2.99. The fourth-order valence-corrected chi connectivity index (χ4v) is 2.64. The number of aromatic nitrogens is 4. The van der Waals surface area contributed by atoms with Crippen molar-refractivity contribution in [2.45, 2.75) is 18.8 Å². The Balaban J connectivity index is 0.00000131. The molecule has 2 aromatic heterocycles. The quantitative estimate of drug-likeness (QED) is 0.625. The Kier molecular flexibility index (Phi) is 4.26. The summed E-state index contributed by atoms with van der Waals surface area (Å²) in [6, 6.07) is 11.9. The van der Waals surface area contributed by atoms with Crippen LogP contribution >= 0.6 is 0 Å². The standard InChI is InChI=1S/C19H19N5O.3H2/c25-10-4-7-15-12-20-18(14-5-2-1-3-6-14)22-19(15)21-17-11-16(23-24-17)13-8-9-13;;;/h1-7,11-13,25H,8-10H2,(H2,20,21,22,23,24);3*1H/b7-4+;;;. The molecule has 4 rings (SSSR count). The molecule has 1 saturated carbocycles. The van der Waals surface area contributed by atoms with Crippen molar-refractivity contribution in [1.29, 1.82) is 0 Å². The third kappa shape index (κ3) is 3.59. The number of hydrogen-bond donors (Lipinski definition) is 3. The predicted molar refractivity (Wildman–Crippen MR) is 104 cm³/mol. The van der Waals surface area contributed by atoms with Crippen molar-refractivity contribution in [2.24, 2.45) is 0 Å². The van der Waals surface area contributed by atoms with Gasteiger partial charge in [0.25, 0.3) is 0 Å². The summed E-state index contributed by atoms with van der Waals surface area (Å²) in [5.41, 5.74) is 2.90. The SMILES string of the molecule is OC/C=C/c1cnc(-c2ccccc2)nc1Nc1cc(C2CC2)[nH]n1.[HH].[HH].[HH]. The summed E-state index contributed by atoms with van der Waals surface area (Å²) >= 11 is 0. The molecule has 1 fully saturated rings. The number of aliphatic hydroxyl groups excluding tert-OH is 1. The molecule has 0 saturated heterocycles. The molecular formula is C19H25N5O. The Bertz CT molecular complexity index is 898. The van der Waals surface area contributed by atoms with E-state index in [1.807, 2.05) is 36.4 Å². The Labute approximate surface area is 150 Å². The lowest BCUT2D eigenvalue weighted by Gasteiger charge is -2.08. The van der Waals surface area contributed by atoms with Gasteiger partial charge in [-0.3, -0.25) is 5.10 Å². The number of benzene rings is 1. The van der Waals surface area contributed by atoms with Gasteiger partial charge in [0, 0.05) is 39.3 Å². The Morgan fingerprint density at radius 2 is 2.12 bits per heavy atom. The lowest BCUT2D eigenvalue weighted by Crippen LogP contribution is -2.00. The second kappa shape index (κ2) is 6.86. The molecule has 6 heteroatoms. The van der Waals surface area contributed by atoms with Crippen LogP contribution in [-0.4, -0.2) is 31.9 Å². The van der Waals surface area contributed by atoms with Crippen molar-refractivity contribution in [2.75, 3.05) is 11.9 Å². The minimum Gasteiger partial charge on any atom is -0.392 e. The molecule has 0 unspecified atom stereocenters. The largest absolute Gasteiger partial charge is 0.392 e. The van der Waals surface area contributed by atoms with Gasteiger partial charge in [-0.25, -0.2) is 9.97 Å². The maximum atomic E-state index is 9.05. The van der Waals surface area contributed by atoms with Crippen molar-refractivity contribution in [1.82, 2.24) is 20.2 Å². The van der Waals surface area contributed by atoms with Crippen LogP contribution < -0.4 is 5.32 Å². The summed E-state index contributed by atoms with van der Waals surface area (Å²) in [4.78, 5) is 9.09. The number of H-pyrrole nitrogens is 1. The van der Waals surface area contributed by atoms with E-state index in [1.165, 1.54) is 12.8 Å². The molecule has 0 radical (unpaired) electrons. The van der Waals surface area contributed by atoms with E-state index in [-0.39, 0.29) is 10.9 Å². The van der Waals surface area contributed by atoms with Gasteiger partial charge in [-0.1, -0.05) is 42.5 Å². The van der Waals surface area contributed by atoms with E-state index >= 15 is 0 Å². The van der Waals surface area contributed by atoms with Gasteiger partial charge in [0.05, 0.1) is 6.61 Å². The zero-order chi connectivity index (χ0) is 17.1. The van der Waals surface area contributed by atoms with E-state index in [1.54, 1.807) is 18.3 Å². The third-order valence-electron chi connectivity index (χ3n) is 4.11. The number of rotatable bonds is 6. The number of anilines is 2. The van der Waals surface area contributed by atoms with Crippen LogP contribution in [0.25, 0.3) is 17.5 Å². The number of hydrogen-bond acceptors (Lipinski definition) is 5. The molecule has 0 spiro atoms. The van der Waals surface area contributed by atoms with Crippen molar-refractivity contribution >= 4 is 17.7 Å². The summed E-state index contributed by atoms with van der Waals surface area (Å²) in [5, 5.41) is 19.7. The van der Waals surface area contributed by atoms with Crippen LogP contribution in [0.3, 0.4) is 0 Å². The summed E-state index contributed by atoms with van der Waals surface area (Å²) in [6.07, 6.45) is 7.64. The van der Waals surface area contributed by atoms with Gasteiger partial charge < -0.3 is 10.4 Å². The van der Waals surface area contributed by atoms with E-state index in [4.69, 9.17) is 5.11 Å². The van der Waals surface area contributed by atoms with Crippen molar-refractivity contribution < 1.29 is 9.39 Å². The van der Waals surface area contributed by atoms with E-state index in [0.717, 1.165) is 22.6 Å². The smallest absolute Gasteiger partial charge is 0.161 e. The summed E-state index contributed by atoms with van der Waals surface area (Å²) in [7, 11) is 0. The zero-order valence-electron chi connectivity index (χ0n) is 13.7. The molecule has 132 valence electrons. The molecule has 2 heterocycles. The normalized spacial score (nSPS) is 14.1. The molecule has 3 N–H and O–H groups in total. The molecule has 25 heavy (non-hydrogen) atoms. The Morgan fingerprint density at radius 3 is 2.88 bits per heavy atom. The fraction of sp³-hybridized carbons (Fsp3) is 0.211. The molecule has 3 aromatic rings. The first-order valence-corrected chi connectivity index (χ1v) is 8.35. The van der Waals surface area contributed by atoms with Gasteiger partial charge in [-0.05, 0) is 12.8 Å². The first-order valence-electron chi connectivity index (χ1n) is 8.35. The van der Waals surface area contributed by atoms with Crippen LogP contribution in [0.4, 0.5) is 11.6 Å². The van der Waals surface area contributed by atoms with Gasteiger partial charge in [0.2, 0.25) is 0 Å². The number of nitrogens with zero attached hydrogens (tertiary/aromatic N) is 3. The zero-order valence-corrected chi connectivity index (χ0v) is 13.7. The first-order chi connectivity index (χ1) is 12.3. The molecule has 0 atom stereocenters. The Morgan fingerprint density at radius 1 is 1.28 bits per heavy atom. The van der Waals surface area contributed by atoms with Gasteiger partial charge >= 0.3 is 0 Å². The number of aromatic amines is 1. The topological polar surface area (TPSA) is 86.7 Å². The maximum Gasteiger partial charge on any atom is 0.161 e. The molecule has 1 aromatic carbocycles. The van der Waals surface area contributed by atoms with Crippen LogP contribution in [-0.2, 0) is 0 Å². The van der Waals surface area contributed by atoms with Crippen LogP contribution in [0, 0.1) is 0 Å². The van der Waals surface area contributed by atoms with Gasteiger partial charge in [0.1, 0.15) is 5.82 Å². The predicted octanol–water partition coefficient (Wildman–Crippen LogP) is 4.23. The summed E-state index contributed by atoms with van der Waals surface area (Å²) < 4.78 is 0. The average Bonchev–Trinajstić information content (AvgIpc) is 3.41. The van der Waals surface area contributed by atoms with Gasteiger partial charge in [-0.15, -0.1) is 0 Å².